The summed E-state index contributed by atoms with van der Waals surface area (Å²) in [6.07, 6.45) is 1.60. The topological polar surface area (TPSA) is 49.4 Å². The van der Waals surface area contributed by atoms with Crippen LogP contribution in [0.4, 0.5) is 5.69 Å². The van der Waals surface area contributed by atoms with Crippen LogP contribution in [-0.4, -0.2) is 29.8 Å². The summed E-state index contributed by atoms with van der Waals surface area (Å²) in [7, 11) is 0. The molecular formula is C16H22N2O2. The minimum absolute atomic E-state index is 0.0350. The maximum absolute atomic E-state index is 11.9. The average Bonchev–Trinajstić information content (AvgIpc) is 2.38. The van der Waals surface area contributed by atoms with Gasteiger partial charge in [-0.25, -0.2) is 0 Å². The average molecular weight is 274 g/mol. The third kappa shape index (κ3) is 4.88. The van der Waals surface area contributed by atoms with E-state index in [4.69, 9.17) is 0 Å². The Morgan fingerprint density at radius 1 is 1.30 bits per heavy atom. The van der Waals surface area contributed by atoms with Crippen LogP contribution in [0, 0.1) is 0 Å². The molecule has 0 fully saturated rings. The van der Waals surface area contributed by atoms with E-state index in [1.807, 2.05) is 24.3 Å². The molecule has 0 radical (unpaired) electrons. The summed E-state index contributed by atoms with van der Waals surface area (Å²) >= 11 is 0. The van der Waals surface area contributed by atoms with Crippen LogP contribution in [0.1, 0.15) is 32.3 Å². The van der Waals surface area contributed by atoms with Gasteiger partial charge in [-0.15, -0.1) is 6.58 Å². The van der Waals surface area contributed by atoms with E-state index in [0.29, 0.717) is 12.5 Å². The molecule has 0 saturated heterocycles. The Kier molecular flexibility index (Phi) is 5.97. The number of carbonyl (C=O) groups excluding carboxylic acids is 2. The van der Waals surface area contributed by atoms with Crippen LogP contribution >= 0.6 is 0 Å². The number of anilines is 1. The van der Waals surface area contributed by atoms with Gasteiger partial charge >= 0.3 is 0 Å². The van der Waals surface area contributed by atoms with E-state index in [-0.39, 0.29) is 18.4 Å². The predicted octanol–water partition coefficient (Wildman–Crippen LogP) is 2.78. The van der Waals surface area contributed by atoms with Crippen LogP contribution in [0.3, 0.4) is 0 Å². The zero-order chi connectivity index (χ0) is 15.1. The number of hydrogen-bond acceptors (Lipinski definition) is 2. The Bertz CT molecular complexity index is 478. The first-order valence-electron chi connectivity index (χ1n) is 6.70. The Morgan fingerprint density at radius 2 is 1.90 bits per heavy atom. The molecule has 1 rings (SSSR count). The molecule has 0 unspecified atom stereocenters. The van der Waals surface area contributed by atoms with E-state index in [2.05, 4.69) is 25.7 Å². The van der Waals surface area contributed by atoms with Crippen molar-refractivity contribution in [2.45, 2.75) is 26.7 Å². The van der Waals surface area contributed by atoms with Crippen molar-refractivity contribution < 1.29 is 9.59 Å². The van der Waals surface area contributed by atoms with Gasteiger partial charge in [0.15, 0.2) is 0 Å². The van der Waals surface area contributed by atoms with E-state index >= 15 is 0 Å². The Morgan fingerprint density at radius 3 is 2.35 bits per heavy atom. The molecule has 108 valence electrons. The molecule has 1 aromatic rings. The van der Waals surface area contributed by atoms with Crippen LogP contribution in [0.2, 0.25) is 0 Å². The van der Waals surface area contributed by atoms with Crippen molar-refractivity contribution >= 4 is 17.5 Å². The summed E-state index contributed by atoms with van der Waals surface area (Å²) in [5.41, 5.74) is 1.96. The molecule has 1 N–H and O–H groups in total. The first-order valence-corrected chi connectivity index (χ1v) is 6.70. The summed E-state index contributed by atoms with van der Waals surface area (Å²) in [5, 5.41) is 2.78. The first-order chi connectivity index (χ1) is 9.43. The maximum atomic E-state index is 11.9. The lowest BCUT2D eigenvalue weighted by molar-refractivity contribution is -0.132. The van der Waals surface area contributed by atoms with Crippen LogP contribution in [-0.2, 0) is 9.59 Å². The van der Waals surface area contributed by atoms with E-state index < -0.39 is 0 Å². The fraction of sp³-hybridized carbons (Fsp3) is 0.375. The van der Waals surface area contributed by atoms with Crippen LogP contribution in [0.15, 0.2) is 36.9 Å². The SMILES string of the molecule is C=CCN(CC(=O)Nc1ccc(C(C)C)cc1)C(C)=O. The van der Waals surface area contributed by atoms with Crippen LogP contribution in [0.25, 0.3) is 0 Å². The van der Waals surface area contributed by atoms with Gasteiger partial charge in [-0.2, -0.15) is 0 Å². The van der Waals surface area contributed by atoms with E-state index in [9.17, 15) is 9.59 Å². The highest BCUT2D eigenvalue weighted by molar-refractivity contribution is 5.94. The van der Waals surface area contributed by atoms with Crippen molar-refractivity contribution in [3.05, 3.63) is 42.5 Å². The van der Waals surface area contributed by atoms with Crippen molar-refractivity contribution in [2.75, 3.05) is 18.4 Å². The van der Waals surface area contributed by atoms with Crippen LogP contribution in [0.5, 0.6) is 0 Å². The summed E-state index contributed by atoms with van der Waals surface area (Å²) < 4.78 is 0. The fourth-order valence-corrected chi connectivity index (χ4v) is 1.79. The number of amides is 2. The molecule has 2 amide bonds. The monoisotopic (exact) mass is 274 g/mol. The molecule has 0 spiro atoms. The number of carbonyl (C=O) groups is 2. The summed E-state index contributed by atoms with van der Waals surface area (Å²) in [5.74, 6) is 0.107. The van der Waals surface area contributed by atoms with Gasteiger partial charge in [0.2, 0.25) is 11.8 Å². The molecule has 0 aliphatic rings. The molecule has 0 aliphatic carbocycles. The Hall–Kier alpha value is -2.10. The van der Waals surface area contributed by atoms with Gasteiger partial charge < -0.3 is 10.2 Å². The molecule has 0 aliphatic heterocycles. The molecule has 0 atom stereocenters. The third-order valence-electron chi connectivity index (χ3n) is 2.99. The number of nitrogens with zero attached hydrogens (tertiary/aromatic N) is 1. The molecule has 0 aromatic heterocycles. The van der Waals surface area contributed by atoms with Gasteiger partial charge in [0, 0.05) is 19.2 Å². The minimum Gasteiger partial charge on any atom is -0.330 e. The number of nitrogens with one attached hydrogen (secondary N) is 1. The molecule has 0 saturated carbocycles. The Balaban J connectivity index is 2.61. The van der Waals surface area contributed by atoms with Gasteiger partial charge in [-0.3, -0.25) is 9.59 Å². The molecule has 0 heterocycles. The lowest BCUT2D eigenvalue weighted by atomic mass is 10.0. The third-order valence-corrected chi connectivity index (χ3v) is 2.99. The van der Waals surface area contributed by atoms with Gasteiger partial charge in [-0.05, 0) is 23.6 Å². The number of rotatable bonds is 6. The van der Waals surface area contributed by atoms with Crippen molar-refractivity contribution in [1.82, 2.24) is 4.90 Å². The standard InChI is InChI=1S/C16H22N2O2/c1-5-10-18(13(4)19)11-16(20)17-15-8-6-14(7-9-15)12(2)3/h5-9,12H,1,10-11H2,2-4H3,(H,17,20). The van der Waals surface area contributed by atoms with E-state index in [1.165, 1.54) is 17.4 Å². The summed E-state index contributed by atoms with van der Waals surface area (Å²) in [4.78, 5) is 24.7. The smallest absolute Gasteiger partial charge is 0.244 e. The molecule has 4 heteroatoms. The second-order valence-electron chi connectivity index (χ2n) is 5.01. The number of hydrogen-bond donors (Lipinski definition) is 1. The largest absolute Gasteiger partial charge is 0.330 e. The Labute approximate surface area is 120 Å². The van der Waals surface area contributed by atoms with Gasteiger partial charge in [0.1, 0.15) is 6.54 Å². The van der Waals surface area contributed by atoms with Crippen molar-refractivity contribution in [1.29, 1.82) is 0 Å². The lowest BCUT2D eigenvalue weighted by Gasteiger charge is -2.18. The van der Waals surface area contributed by atoms with Crippen molar-refractivity contribution in [3.8, 4) is 0 Å². The lowest BCUT2D eigenvalue weighted by Crippen LogP contribution is -2.36. The van der Waals surface area contributed by atoms with Crippen molar-refractivity contribution in [2.24, 2.45) is 0 Å². The highest BCUT2D eigenvalue weighted by Crippen LogP contribution is 2.17. The highest BCUT2D eigenvalue weighted by Gasteiger charge is 2.12. The van der Waals surface area contributed by atoms with E-state index in [0.717, 1.165) is 5.69 Å². The highest BCUT2D eigenvalue weighted by atomic mass is 16.2. The fourth-order valence-electron chi connectivity index (χ4n) is 1.79. The molecule has 0 bridgehead atoms. The van der Waals surface area contributed by atoms with Crippen LogP contribution < -0.4 is 5.32 Å². The van der Waals surface area contributed by atoms with Crippen molar-refractivity contribution in [3.63, 3.8) is 0 Å². The molecule has 4 nitrogen and oxygen atoms in total. The maximum Gasteiger partial charge on any atom is 0.244 e. The van der Waals surface area contributed by atoms with Gasteiger partial charge in [0.25, 0.3) is 0 Å². The van der Waals surface area contributed by atoms with Gasteiger partial charge in [0.05, 0.1) is 0 Å². The second-order valence-corrected chi connectivity index (χ2v) is 5.01. The minimum atomic E-state index is -0.209. The van der Waals surface area contributed by atoms with Gasteiger partial charge in [-0.1, -0.05) is 32.1 Å². The zero-order valence-electron chi connectivity index (χ0n) is 12.3. The zero-order valence-corrected chi connectivity index (χ0v) is 12.3. The number of benzene rings is 1. The predicted molar refractivity (Wildman–Crippen MR) is 81.6 cm³/mol. The molecule has 20 heavy (non-hydrogen) atoms. The first kappa shape index (κ1) is 16.0. The molecular weight excluding hydrogens is 252 g/mol. The normalized spacial score (nSPS) is 10.2. The summed E-state index contributed by atoms with van der Waals surface area (Å²) in [6, 6.07) is 7.73. The second kappa shape index (κ2) is 7.48. The molecule has 1 aromatic carbocycles. The summed E-state index contributed by atoms with van der Waals surface area (Å²) in [6.45, 7) is 9.66. The quantitative estimate of drug-likeness (QED) is 0.811. The van der Waals surface area contributed by atoms with E-state index in [1.54, 1.807) is 6.08 Å².